The van der Waals surface area contributed by atoms with Crippen LogP contribution in [0.4, 0.5) is 0 Å². The van der Waals surface area contributed by atoms with E-state index in [0.717, 1.165) is 0 Å². The molecule has 0 N–H and O–H groups in total. The van der Waals surface area contributed by atoms with Crippen molar-refractivity contribution in [3.05, 3.63) is 0 Å². The maximum absolute atomic E-state index is 9.78. The summed E-state index contributed by atoms with van der Waals surface area (Å²) in [6.07, 6.45) is 0. The molecule has 0 saturated heterocycles. The molecule has 1 unspecified atom stereocenters. The van der Waals surface area contributed by atoms with Crippen LogP contribution in [0.3, 0.4) is 0 Å². The second-order valence-electron chi connectivity index (χ2n) is 1.86. The molecule has 4 nitrogen and oxygen atoms in total. The molecule has 5 heteroatoms. The van der Waals surface area contributed by atoms with Gasteiger partial charge in [0.05, 0.1) is 0 Å². The van der Waals surface area contributed by atoms with Gasteiger partial charge in [-0.05, 0) is 18.7 Å². The van der Waals surface area contributed by atoms with Gasteiger partial charge in [0.15, 0.2) is 0 Å². The summed E-state index contributed by atoms with van der Waals surface area (Å²) in [5.74, 6) is 0. The molecule has 0 aromatic heterocycles. The van der Waals surface area contributed by atoms with Crippen molar-refractivity contribution >= 4 is 8.25 Å². The van der Waals surface area contributed by atoms with Crippen LogP contribution < -0.4 is 4.89 Å². The smallest absolute Gasteiger partial charge is 0.488 e. The first-order chi connectivity index (χ1) is 4.13. The first-order valence-electron chi connectivity index (χ1n) is 2.55. The van der Waals surface area contributed by atoms with E-state index < -0.39 is 8.25 Å². The highest BCUT2D eigenvalue weighted by atomic mass is 31.1. The predicted molar refractivity (Wildman–Crippen MR) is 32.1 cm³/mol. The Bertz CT molecular complexity index is 95.8. The molecule has 0 fully saturated rings. The lowest BCUT2D eigenvalue weighted by Gasteiger charge is -2.04. The molecule has 0 bridgehead atoms. The Morgan fingerprint density at radius 3 is 2.56 bits per heavy atom. The monoisotopic (exact) mass is 151 g/mol. The average molecular weight is 151 g/mol. The molecule has 0 aromatic carbocycles. The van der Waals surface area contributed by atoms with Gasteiger partial charge in [0.25, 0.3) is 0 Å². The van der Waals surface area contributed by atoms with Crippen molar-refractivity contribution in [3.63, 3.8) is 0 Å². The topological polar surface area (TPSA) is 52.6 Å². The van der Waals surface area contributed by atoms with E-state index in [1.165, 1.54) is 0 Å². The molecule has 0 aliphatic carbocycles. The van der Waals surface area contributed by atoms with Gasteiger partial charge in [-0.15, -0.1) is 4.52 Å². The number of hydrogen-bond donors (Lipinski definition) is 0. The van der Waals surface area contributed by atoms with Crippen molar-refractivity contribution in [1.29, 1.82) is 0 Å². The Morgan fingerprint density at radius 2 is 2.22 bits per heavy atom. The van der Waals surface area contributed by atoms with E-state index in [0.29, 0.717) is 6.54 Å². The number of hydrogen-bond acceptors (Lipinski definition) is 4. The van der Waals surface area contributed by atoms with E-state index in [4.69, 9.17) is 0 Å². The zero-order valence-electron chi connectivity index (χ0n) is 5.53. The van der Waals surface area contributed by atoms with E-state index in [-0.39, 0.29) is 6.61 Å². The van der Waals surface area contributed by atoms with Crippen LogP contribution in [-0.2, 0) is 9.09 Å². The Kier molecular flexibility index (Phi) is 4.81. The van der Waals surface area contributed by atoms with Gasteiger partial charge >= 0.3 is 8.25 Å². The molecule has 54 valence electrons. The van der Waals surface area contributed by atoms with Crippen LogP contribution in [-0.4, -0.2) is 32.1 Å². The standard InChI is InChI=1S/C4H10NO3P/c1-5(2)3-4-8-9(6)7/h3-4H2,1-2H3. The minimum atomic E-state index is -2.66. The SMILES string of the molecule is CN(C)CCO[P+](=O)[O-]. The van der Waals surface area contributed by atoms with Crippen molar-refractivity contribution in [1.82, 2.24) is 4.90 Å². The fourth-order valence-electron chi connectivity index (χ4n) is 0.298. The Morgan fingerprint density at radius 1 is 1.67 bits per heavy atom. The second kappa shape index (κ2) is 4.82. The van der Waals surface area contributed by atoms with E-state index in [1.807, 2.05) is 19.0 Å². The first-order valence-corrected chi connectivity index (χ1v) is 3.64. The zero-order chi connectivity index (χ0) is 7.28. The zero-order valence-corrected chi connectivity index (χ0v) is 6.43. The summed E-state index contributed by atoms with van der Waals surface area (Å²) in [6, 6.07) is 0. The fraction of sp³-hybridized carbons (Fsp3) is 1.00. The minimum absolute atomic E-state index is 0.242. The van der Waals surface area contributed by atoms with Gasteiger partial charge in [0.1, 0.15) is 6.61 Å². The van der Waals surface area contributed by atoms with Crippen LogP contribution in [0, 0.1) is 0 Å². The molecule has 9 heavy (non-hydrogen) atoms. The van der Waals surface area contributed by atoms with Gasteiger partial charge in [0, 0.05) is 6.54 Å². The fourth-order valence-corrected chi connectivity index (χ4v) is 0.529. The normalized spacial score (nSPS) is 12.2. The predicted octanol–water partition coefficient (Wildman–Crippen LogP) is -0.418. The maximum atomic E-state index is 9.78. The molecule has 0 spiro atoms. The Balaban J connectivity index is 3.01. The lowest BCUT2D eigenvalue weighted by Crippen LogP contribution is -2.17. The van der Waals surface area contributed by atoms with E-state index in [9.17, 15) is 9.46 Å². The average Bonchev–Trinajstić information content (AvgIpc) is 1.63. The van der Waals surface area contributed by atoms with Gasteiger partial charge in [-0.2, -0.15) is 0 Å². The van der Waals surface area contributed by atoms with Gasteiger partial charge in [-0.3, -0.25) is 0 Å². The largest absolute Gasteiger partial charge is 0.566 e. The molecule has 0 aromatic rings. The molecule has 0 amide bonds. The van der Waals surface area contributed by atoms with Crippen LogP contribution >= 0.6 is 8.25 Å². The summed E-state index contributed by atoms with van der Waals surface area (Å²) >= 11 is 0. The highest BCUT2D eigenvalue weighted by Gasteiger charge is 1.99. The molecule has 0 rings (SSSR count). The van der Waals surface area contributed by atoms with Crippen LogP contribution in [0.1, 0.15) is 0 Å². The summed E-state index contributed by atoms with van der Waals surface area (Å²) in [5.41, 5.74) is 0. The summed E-state index contributed by atoms with van der Waals surface area (Å²) in [4.78, 5) is 11.6. The number of likely N-dealkylation sites (N-methyl/N-ethyl adjacent to an activating group) is 1. The third kappa shape index (κ3) is 7.98. The van der Waals surface area contributed by atoms with E-state index in [1.54, 1.807) is 0 Å². The third-order valence-corrected chi connectivity index (χ3v) is 1.13. The van der Waals surface area contributed by atoms with Gasteiger partial charge in [-0.25, -0.2) is 0 Å². The van der Waals surface area contributed by atoms with Gasteiger partial charge in [0.2, 0.25) is 0 Å². The second-order valence-corrected chi connectivity index (χ2v) is 2.57. The van der Waals surface area contributed by atoms with Crippen LogP contribution in [0.25, 0.3) is 0 Å². The molecule has 0 aliphatic heterocycles. The molecule has 0 radical (unpaired) electrons. The molecule has 0 saturated carbocycles. The molecule has 0 aliphatic rings. The summed E-state index contributed by atoms with van der Waals surface area (Å²) in [7, 11) is 1.04. The Labute approximate surface area is 55.4 Å². The van der Waals surface area contributed by atoms with Gasteiger partial charge < -0.3 is 9.79 Å². The first kappa shape index (κ1) is 8.98. The number of nitrogens with zero attached hydrogens (tertiary/aromatic N) is 1. The van der Waals surface area contributed by atoms with Gasteiger partial charge in [-0.1, -0.05) is 0 Å². The maximum Gasteiger partial charge on any atom is 0.488 e. The van der Waals surface area contributed by atoms with Crippen molar-refractivity contribution in [2.75, 3.05) is 27.2 Å². The summed E-state index contributed by atoms with van der Waals surface area (Å²) < 4.78 is 14.0. The third-order valence-electron chi connectivity index (χ3n) is 0.735. The van der Waals surface area contributed by atoms with Crippen molar-refractivity contribution in [3.8, 4) is 0 Å². The van der Waals surface area contributed by atoms with Crippen molar-refractivity contribution in [2.24, 2.45) is 0 Å². The van der Waals surface area contributed by atoms with Crippen molar-refractivity contribution < 1.29 is 14.0 Å². The lowest BCUT2D eigenvalue weighted by atomic mass is 10.6. The summed E-state index contributed by atoms with van der Waals surface area (Å²) in [6.45, 7) is 0.870. The van der Waals surface area contributed by atoms with E-state index in [2.05, 4.69) is 4.52 Å². The van der Waals surface area contributed by atoms with Crippen LogP contribution in [0.15, 0.2) is 0 Å². The van der Waals surface area contributed by atoms with E-state index >= 15 is 0 Å². The minimum Gasteiger partial charge on any atom is -0.566 e. The molecular weight excluding hydrogens is 141 g/mol. The lowest BCUT2D eigenvalue weighted by molar-refractivity contribution is -0.185. The number of rotatable bonds is 4. The molecule has 1 atom stereocenters. The van der Waals surface area contributed by atoms with Crippen molar-refractivity contribution in [2.45, 2.75) is 0 Å². The Hall–Kier alpha value is -0.0200. The highest BCUT2D eigenvalue weighted by Crippen LogP contribution is 2.06. The van der Waals surface area contributed by atoms with Crippen LogP contribution in [0.2, 0.25) is 0 Å². The summed E-state index contributed by atoms with van der Waals surface area (Å²) in [5, 5.41) is 0. The molecular formula is C4H10NO3P. The molecule has 0 heterocycles. The highest BCUT2D eigenvalue weighted by molar-refractivity contribution is 7.30. The van der Waals surface area contributed by atoms with Crippen LogP contribution in [0.5, 0.6) is 0 Å². The quantitative estimate of drug-likeness (QED) is 0.512.